The van der Waals surface area contributed by atoms with Crippen LogP contribution in [0.25, 0.3) is 26.0 Å². The van der Waals surface area contributed by atoms with Gasteiger partial charge in [0, 0.05) is 54.3 Å². The Kier molecular flexibility index (Phi) is 3.28. The molecule has 0 spiro atoms. The van der Waals surface area contributed by atoms with Gasteiger partial charge in [0.25, 0.3) is 5.56 Å². The molecule has 0 saturated heterocycles. The molecule has 4 rings (SSSR count). The van der Waals surface area contributed by atoms with Crippen molar-refractivity contribution in [3.8, 4) is 5.69 Å². The molecule has 0 fully saturated rings. The van der Waals surface area contributed by atoms with Gasteiger partial charge in [-0.05, 0) is 36.4 Å². The molecule has 6 heteroatoms. The van der Waals surface area contributed by atoms with Gasteiger partial charge in [0.2, 0.25) is 0 Å². The zero-order valence-corrected chi connectivity index (χ0v) is 14.2. The van der Waals surface area contributed by atoms with Gasteiger partial charge in [-0.3, -0.25) is 9.36 Å². The Balaban J connectivity index is 2.04. The highest BCUT2D eigenvalue weighted by Gasteiger charge is 2.15. The molecule has 0 atom stereocenters. The normalized spacial score (nSPS) is 11.2. The lowest BCUT2D eigenvalue weighted by Crippen LogP contribution is -2.16. The van der Waals surface area contributed by atoms with Crippen molar-refractivity contribution < 1.29 is 0 Å². The molecule has 0 radical (unpaired) electrons. The van der Waals surface area contributed by atoms with Crippen LogP contribution in [0.3, 0.4) is 0 Å². The fraction of sp³-hybridized carbons (Fsp3) is 0.111. The van der Waals surface area contributed by atoms with Crippen molar-refractivity contribution in [1.29, 1.82) is 0 Å². The quantitative estimate of drug-likeness (QED) is 0.571. The number of benzene rings is 1. The van der Waals surface area contributed by atoms with Crippen LogP contribution in [0.1, 0.15) is 0 Å². The second-order valence-electron chi connectivity index (χ2n) is 5.83. The number of aromatic nitrogens is 2. The number of hydrogen-bond donors (Lipinski definition) is 1. The molecule has 0 amide bonds. The van der Waals surface area contributed by atoms with E-state index in [0.717, 1.165) is 27.0 Å². The minimum absolute atomic E-state index is 0.0371. The minimum atomic E-state index is -0.0371. The summed E-state index contributed by atoms with van der Waals surface area (Å²) < 4.78 is 2.36. The van der Waals surface area contributed by atoms with Gasteiger partial charge in [-0.15, -0.1) is 11.3 Å². The second-order valence-corrected chi connectivity index (χ2v) is 6.83. The van der Waals surface area contributed by atoms with Gasteiger partial charge in [0.1, 0.15) is 9.53 Å². The summed E-state index contributed by atoms with van der Waals surface area (Å²) in [5.41, 5.74) is 8.24. The molecule has 0 aliphatic carbocycles. The zero-order valence-electron chi connectivity index (χ0n) is 13.4. The lowest BCUT2D eigenvalue weighted by atomic mass is 10.2. The molecule has 1 aromatic carbocycles. The number of nitrogens with zero attached hydrogens (tertiary/aromatic N) is 3. The number of thiophene rings is 1. The number of rotatable bonds is 2. The molecular formula is C18H16N4OS. The lowest BCUT2D eigenvalue weighted by molar-refractivity contribution is 1.01. The summed E-state index contributed by atoms with van der Waals surface area (Å²) in [4.78, 5) is 20.3. The third-order valence-electron chi connectivity index (χ3n) is 4.06. The molecule has 2 N–H and O–H groups in total. The Morgan fingerprint density at radius 2 is 1.88 bits per heavy atom. The summed E-state index contributed by atoms with van der Waals surface area (Å²) >= 11 is 1.44. The van der Waals surface area contributed by atoms with Gasteiger partial charge < -0.3 is 10.6 Å². The van der Waals surface area contributed by atoms with Crippen molar-refractivity contribution in [1.82, 2.24) is 9.55 Å². The van der Waals surface area contributed by atoms with E-state index < -0.39 is 0 Å². The van der Waals surface area contributed by atoms with Gasteiger partial charge in [-0.25, -0.2) is 4.98 Å². The summed E-state index contributed by atoms with van der Waals surface area (Å²) in [6.45, 7) is 0. The fourth-order valence-corrected chi connectivity index (χ4v) is 3.97. The molecule has 4 aromatic rings. The van der Waals surface area contributed by atoms with E-state index in [0.29, 0.717) is 10.4 Å². The highest BCUT2D eigenvalue weighted by atomic mass is 32.1. The van der Waals surface area contributed by atoms with E-state index in [-0.39, 0.29) is 5.56 Å². The first kappa shape index (κ1) is 14.7. The second kappa shape index (κ2) is 5.35. The van der Waals surface area contributed by atoms with E-state index in [4.69, 9.17) is 5.73 Å². The van der Waals surface area contributed by atoms with Crippen molar-refractivity contribution in [3.05, 3.63) is 59.1 Å². The van der Waals surface area contributed by atoms with E-state index >= 15 is 0 Å². The number of fused-ring (bicyclic) bond motifs is 3. The summed E-state index contributed by atoms with van der Waals surface area (Å²) in [6, 6.07) is 11.2. The molecular weight excluding hydrogens is 320 g/mol. The third-order valence-corrected chi connectivity index (χ3v) is 5.16. The predicted octanol–water partition coefficient (Wildman–Crippen LogP) is 3.25. The van der Waals surface area contributed by atoms with E-state index in [1.807, 2.05) is 49.5 Å². The Bertz CT molecular complexity index is 1110. The summed E-state index contributed by atoms with van der Waals surface area (Å²) in [5, 5.41) is 1.98. The number of anilines is 2. The number of nitrogens with two attached hydrogens (primary N) is 1. The van der Waals surface area contributed by atoms with Crippen LogP contribution in [0, 0.1) is 0 Å². The standard InChI is InChI=1S/C18H16N4OS/c1-21(2)14-7-9-20-17-15(14)13-8-10-22(18(23)16(13)24-17)12-5-3-11(19)4-6-12/h3-10H,19H2,1-2H3. The van der Waals surface area contributed by atoms with E-state index in [9.17, 15) is 4.79 Å². The first-order valence-corrected chi connectivity index (χ1v) is 8.34. The molecule has 120 valence electrons. The number of hydrogen-bond acceptors (Lipinski definition) is 5. The Hall–Kier alpha value is -2.86. The zero-order chi connectivity index (χ0) is 16.8. The SMILES string of the molecule is CN(C)c1ccnc2sc3c(=O)n(-c4ccc(N)cc4)ccc3c12. The molecule has 0 saturated carbocycles. The maximum absolute atomic E-state index is 13.0. The summed E-state index contributed by atoms with van der Waals surface area (Å²) in [5.74, 6) is 0. The average Bonchev–Trinajstić information content (AvgIpc) is 2.96. The molecule has 0 bridgehead atoms. The van der Waals surface area contributed by atoms with Crippen molar-refractivity contribution in [3.63, 3.8) is 0 Å². The van der Waals surface area contributed by atoms with Crippen LogP contribution in [0.5, 0.6) is 0 Å². The molecule has 0 aliphatic heterocycles. The summed E-state index contributed by atoms with van der Waals surface area (Å²) in [7, 11) is 3.99. The highest BCUT2D eigenvalue weighted by molar-refractivity contribution is 7.25. The van der Waals surface area contributed by atoms with Crippen LogP contribution in [0.15, 0.2) is 53.6 Å². The van der Waals surface area contributed by atoms with Crippen LogP contribution in [-0.4, -0.2) is 23.6 Å². The topological polar surface area (TPSA) is 64.2 Å². The molecule has 0 unspecified atom stereocenters. The van der Waals surface area contributed by atoms with Crippen molar-refractivity contribution in [2.45, 2.75) is 0 Å². The number of pyridine rings is 2. The summed E-state index contributed by atoms with van der Waals surface area (Å²) in [6.07, 6.45) is 3.60. The molecule has 5 nitrogen and oxygen atoms in total. The van der Waals surface area contributed by atoms with Crippen molar-refractivity contribution in [2.24, 2.45) is 0 Å². The van der Waals surface area contributed by atoms with Gasteiger partial charge in [-0.2, -0.15) is 0 Å². The lowest BCUT2D eigenvalue weighted by Gasteiger charge is -2.13. The first-order chi connectivity index (χ1) is 11.6. The predicted molar refractivity (Wildman–Crippen MR) is 101 cm³/mol. The van der Waals surface area contributed by atoms with Crippen molar-refractivity contribution >= 4 is 43.0 Å². The Morgan fingerprint density at radius 3 is 2.58 bits per heavy atom. The first-order valence-electron chi connectivity index (χ1n) is 7.52. The van der Waals surface area contributed by atoms with E-state index in [1.54, 1.807) is 22.9 Å². The smallest absolute Gasteiger partial charge is 0.273 e. The molecule has 0 aliphatic rings. The van der Waals surface area contributed by atoms with Gasteiger partial charge in [-0.1, -0.05) is 0 Å². The Labute approximate surface area is 142 Å². The van der Waals surface area contributed by atoms with Crippen LogP contribution in [0.4, 0.5) is 11.4 Å². The van der Waals surface area contributed by atoms with E-state index in [1.165, 1.54) is 11.3 Å². The van der Waals surface area contributed by atoms with Crippen LogP contribution < -0.4 is 16.2 Å². The minimum Gasteiger partial charge on any atom is -0.399 e. The molecule has 3 heterocycles. The molecule has 3 aromatic heterocycles. The monoisotopic (exact) mass is 336 g/mol. The highest BCUT2D eigenvalue weighted by Crippen LogP contribution is 2.36. The maximum atomic E-state index is 13.0. The van der Waals surface area contributed by atoms with Crippen molar-refractivity contribution in [2.75, 3.05) is 24.7 Å². The average molecular weight is 336 g/mol. The van der Waals surface area contributed by atoms with Gasteiger partial charge in [0.05, 0.1) is 0 Å². The van der Waals surface area contributed by atoms with Crippen LogP contribution in [-0.2, 0) is 0 Å². The Morgan fingerprint density at radius 1 is 1.12 bits per heavy atom. The van der Waals surface area contributed by atoms with E-state index in [2.05, 4.69) is 4.98 Å². The molecule has 24 heavy (non-hydrogen) atoms. The largest absolute Gasteiger partial charge is 0.399 e. The van der Waals surface area contributed by atoms with Crippen LogP contribution in [0.2, 0.25) is 0 Å². The maximum Gasteiger partial charge on any atom is 0.273 e. The fourth-order valence-electron chi connectivity index (χ4n) is 2.88. The number of nitrogen functional groups attached to an aromatic ring is 1. The third kappa shape index (κ3) is 2.15. The van der Waals surface area contributed by atoms with Gasteiger partial charge in [0.15, 0.2) is 0 Å². The van der Waals surface area contributed by atoms with Gasteiger partial charge >= 0.3 is 0 Å². The van der Waals surface area contributed by atoms with Crippen LogP contribution >= 0.6 is 11.3 Å².